The van der Waals surface area contributed by atoms with E-state index in [1.807, 2.05) is 30.3 Å². The second-order valence-electron chi connectivity index (χ2n) is 8.63. The Morgan fingerprint density at radius 2 is 1.89 bits per heavy atom. The van der Waals surface area contributed by atoms with Gasteiger partial charge in [-0.15, -0.1) is 0 Å². The second kappa shape index (κ2) is 10.2. The van der Waals surface area contributed by atoms with Crippen molar-refractivity contribution < 1.29 is 27.1 Å². The molecule has 2 saturated heterocycles. The number of sulfonamides is 1. The Balaban J connectivity index is 1.55. The minimum absolute atomic E-state index is 0.0966. The number of hydrogen-bond acceptors (Lipinski definition) is 6. The molecule has 8 nitrogen and oxygen atoms in total. The highest BCUT2D eigenvalue weighted by atomic mass is 35.5. The van der Waals surface area contributed by atoms with Crippen LogP contribution in [0.3, 0.4) is 0 Å². The number of piperidine rings is 1. The van der Waals surface area contributed by atoms with E-state index in [4.69, 9.17) is 16.3 Å². The molecule has 11 heteroatoms. The van der Waals surface area contributed by atoms with E-state index in [9.17, 15) is 22.4 Å². The molecule has 2 heterocycles. The first-order valence-electron chi connectivity index (χ1n) is 11.4. The molecule has 4 rings (SSSR count). The highest BCUT2D eigenvalue weighted by Gasteiger charge is 2.53. The van der Waals surface area contributed by atoms with E-state index in [2.05, 4.69) is 5.32 Å². The Morgan fingerprint density at radius 3 is 2.51 bits per heavy atom. The van der Waals surface area contributed by atoms with Gasteiger partial charge in [-0.25, -0.2) is 12.8 Å². The number of amides is 1. The van der Waals surface area contributed by atoms with Crippen molar-refractivity contribution in [3.05, 3.63) is 64.9 Å². The van der Waals surface area contributed by atoms with Gasteiger partial charge < -0.3 is 9.64 Å². The van der Waals surface area contributed by atoms with Gasteiger partial charge in [-0.3, -0.25) is 14.9 Å². The van der Waals surface area contributed by atoms with Gasteiger partial charge in [-0.1, -0.05) is 41.9 Å². The number of rotatable bonds is 7. The predicted octanol–water partition coefficient (Wildman–Crippen LogP) is 2.57. The number of hydrogen-bond donors (Lipinski definition) is 1. The van der Waals surface area contributed by atoms with Crippen molar-refractivity contribution >= 4 is 33.5 Å². The van der Waals surface area contributed by atoms with Crippen LogP contribution in [0.15, 0.2) is 53.4 Å². The molecule has 35 heavy (non-hydrogen) atoms. The number of esters is 1. The summed E-state index contributed by atoms with van der Waals surface area (Å²) < 4.78 is 46.2. The van der Waals surface area contributed by atoms with Gasteiger partial charge in [0.05, 0.1) is 28.2 Å². The quantitative estimate of drug-likeness (QED) is 0.560. The van der Waals surface area contributed by atoms with Crippen LogP contribution in [0.4, 0.5) is 4.39 Å². The second-order valence-corrected chi connectivity index (χ2v) is 11.0. The minimum atomic E-state index is -3.91. The number of carbonyl (C=O) groups excluding carboxylic acids is 2. The maximum absolute atomic E-state index is 13.5. The molecule has 2 fully saturated rings. The van der Waals surface area contributed by atoms with Crippen LogP contribution in [0.2, 0.25) is 5.02 Å². The molecule has 0 saturated carbocycles. The molecule has 1 amide bonds. The normalized spacial score (nSPS) is 20.4. The van der Waals surface area contributed by atoms with Crippen LogP contribution in [0, 0.1) is 5.82 Å². The number of nitrogens with zero attached hydrogens (tertiary/aromatic N) is 2. The smallest absolute Gasteiger partial charge is 0.325 e. The molecule has 2 aromatic carbocycles. The minimum Gasteiger partial charge on any atom is -0.465 e. The lowest BCUT2D eigenvalue weighted by atomic mass is 9.97. The monoisotopic (exact) mass is 523 g/mol. The van der Waals surface area contributed by atoms with E-state index in [1.165, 1.54) is 15.3 Å². The van der Waals surface area contributed by atoms with Crippen molar-refractivity contribution in [3.63, 3.8) is 0 Å². The van der Waals surface area contributed by atoms with Crippen LogP contribution in [0.5, 0.6) is 0 Å². The fourth-order valence-corrected chi connectivity index (χ4v) is 6.43. The Labute approximate surface area is 209 Å². The van der Waals surface area contributed by atoms with Crippen molar-refractivity contribution in [2.75, 3.05) is 26.2 Å². The summed E-state index contributed by atoms with van der Waals surface area (Å²) in [6.07, 6.45) is 0.992. The molecular weight excluding hydrogens is 497 g/mol. The van der Waals surface area contributed by atoms with E-state index in [0.29, 0.717) is 6.42 Å². The topological polar surface area (TPSA) is 96.0 Å². The molecule has 0 aliphatic carbocycles. The standard InChI is InChI=1S/C24H27ClFN3O5S/c1-2-34-22(30)16-29-23(31)21(14-17-6-4-3-5-7-17)27-24(29)10-12-28(13-11-24)35(32,33)18-8-9-20(26)19(25)15-18/h3-9,15,21,27H,2,10-14,16H2,1H3. The van der Waals surface area contributed by atoms with Crippen LogP contribution in [0.1, 0.15) is 25.3 Å². The summed E-state index contributed by atoms with van der Waals surface area (Å²) in [7, 11) is -3.91. The Bertz CT molecular complexity index is 1200. The van der Waals surface area contributed by atoms with Gasteiger partial charge in [0.15, 0.2) is 0 Å². The molecule has 0 radical (unpaired) electrons. The van der Waals surface area contributed by atoms with E-state index >= 15 is 0 Å². The predicted molar refractivity (Wildman–Crippen MR) is 128 cm³/mol. The Hall–Kier alpha value is -2.53. The van der Waals surface area contributed by atoms with Crippen molar-refractivity contribution in [2.24, 2.45) is 0 Å². The van der Waals surface area contributed by atoms with E-state index in [0.717, 1.165) is 17.7 Å². The molecule has 188 valence electrons. The third-order valence-electron chi connectivity index (χ3n) is 6.48. The van der Waals surface area contributed by atoms with Crippen LogP contribution < -0.4 is 5.32 Å². The van der Waals surface area contributed by atoms with Crippen LogP contribution in [-0.2, 0) is 30.8 Å². The van der Waals surface area contributed by atoms with Gasteiger partial charge in [-0.2, -0.15) is 4.31 Å². The first-order chi connectivity index (χ1) is 16.7. The molecule has 2 aromatic rings. The third-order valence-corrected chi connectivity index (χ3v) is 8.66. The summed E-state index contributed by atoms with van der Waals surface area (Å²) in [6.45, 7) is 1.89. The van der Waals surface area contributed by atoms with Gasteiger partial charge in [0.2, 0.25) is 15.9 Å². The summed E-state index contributed by atoms with van der Waals surface area (Å²) in [5, 5.41) is 3.14. The largest absolute Gasteiger partial charge is 0.465 e. The lowest BCUT2D eigenvalue weighted by Gasteiger charge is -2.43. The zero-order valence-electron chi connectivity index (χ0n) is 19.2. The lowest BCUT2D eigenvalue weighted by Crippen LogP contribution is -2.60. The summed E-state index contributed by atoms with van der Waals surface area (Å²) >= 11 is 5.79. The van der Waals surface area contributed by atoms with Gasteiger partial charge in [0, 0.05) is 13.1 Å². The zero-order valence-corrected chi connectivity index (χ0v) is 20.8. The number of ether oxygens (including phenoxy) is 1. The highest BCUT2D eigenvalue weighted by molar-refractivity contribution is 7.89. The maximum atomic E-state index is 13.5. The average molecular weight is 524 g/mol. The maximum Gasteiger partial charge on any atom is 0.325 e. The first kappa shape index (κ1) is 25.6. The average Bonchev–Trinajstić information content (AvgIpc) is 3.07. The number of benzene rings is 2. The van der Waals surface area contributed by atoms with E-state index in [1.54, 1.807) is 6.92 Å². The molecule has 1 N–H and O–H groups in total. The lowest BCUT2D eigenvalue weighted by molar-refractivity contribution is -0.151. The van der Waals surface area contributed by atoms with Crippen molar-refractivity contribution in [1.29, 1.82) is 0 Å². The highest BCUT2D eigenvalue weighted by Crippen LogP contribution is 2.35. The number of nitrogens with one attached hydrogen (secondary N) is 1. The summed E-state index contributed by atoms with van der Waals surface area (Å²) in [6, 6.07) is 12.3. The van der Waals surface area contributed by atoms with Crippen LogP contribution in [0.25, 0.3) is 0 Å². The van der Waals surface area contributed by atoms with Crippen molar-refractivity contribution in [3.8, 4) is 0 Å². The fraction of sp³-hybridized carbons (Fsp3) is 0.417. The molecule has 2 aliphatic heterocycles. The van der Waals surface area contributed by atoms with Gasteiger partial charge in [0.1, 0.15) is 12.4 Å². The van der Waals surface area contributed by atoms with Gasteiger partial charge in [-0.05, 0) is 49.9 Å². The molecule has 0 aromatic heterocycles. The molecule has 1 unspecified atom stereocenters. The Kier molecular flexibility index (Phi) is 7.46. The van der Waals surface area contributed by atoms with Crippen molar-refractivity contribution in [1.82, 2.24) is 14.5 Å². The number of halogens is 2. The third kappa shape index (κ3) is 5.20. The zero-order chi connectivity index (χ0) is 25.2. The molecule has 0 bridgehead atoms. The number of carbonyl (C=O) groups is 2. The molecule has 2 aliphatic rings. The van der Waals surface area contributed by atoms with E-state index < -0.39 is 33.5 Å². The molecule has 1 spiro atoms. The fourth-order valence-electron chi connectivity index (χ4n) is 4.71. The van der Waals surface area contributed by atoms with Crippen LogP contribution in [-0.4, -0.2) is 67.4 Å². The van der Waals surface area contributed by atoms with E-state index in [-0.39, 0.29) is 54.9 Å². The summed E-state index contributed by atoms with van der Waals surface area (Å²) in [5.41, 5.74) is 0.0927. The van der Waals surface area contributed by atoms with Gasteiger partial charge >= 0.3 is 5.97 Å². The Morgan fingerprint density at radius 1 is 1.20 bits per heavy atom. The van der Waals surface area contributed by atoms with Crippen LogP contribution >= 0.6 is 11.6 Å². The SMILES string of the molecule is CCOC(=O)CN1C(=O)C(Cc2ccccc2)NC12CCN(S(=O)(=O)c1ccc(F)c(Cl)c1)CC2. The van der Waals surface area contributed by atoms with Crippen molar-refractivity contribution in [2.45, 2.75) is 42.8 Å². The molecule has 1 atom stereocenters. The summed E-state index contributed by atoms with van der Waals surface area (Å²) in [5.74, 6) is -1.43. The molecular formula is C24H27ClFN3O5S. The summed E-state index contributed by atoms with van der Waals surface area (Å²) in [4.78, 5) is 27.1. The van der Waals surface area contributed by atoms with Gasteiger partial charge in [0.25, 0.3) is 0 Å². The first-order valence-corrected chi connectivity index (χ1v) is 13.2.